The quantitative estimate of drug-likeness (QED) is 0.532. The van der Waals surface area contributed by atoms with Crippen LogP contribution in [0.15, 0.2) is 67.0 Å². The fraction of sp³-hybridized carbons (Fsp3) is 0.0500. The van der Waals surface area contributed by atoms with Crippen LogP contribution >= 0.6 is 11.6 Å². The van der Waals surface area contributed by atoms with E-state index in [1.807, 2.05) is 36.4 Å². The number of carbonyl (C=O) groups excluding carboxylic acids is 1. The van der Waals surface area contributed by atoms with Gasteiger partial charge in [-0.25, -0.2) is 4.68 Å². The standard InChI is InChI=1S/C20H16ClN5O2/c1-28-18-8-3-2-7-16(18)17-10-19(25-24-17)23-20(27)13-11-22-26(12-13)15-6-4-5-14(21)9-15/h2-12H,1H3,(H2,23,24,25,27). The second-order valence-corrected chi connectivity index (χ2v) is 6.41. The van der Waals surface area contributed by atoms with Crippen molar-refractivity contribution in [3.8, 4) is 22.7 Å². The first kappa shape index (κ1) is 17.8. The van der Waals surface area contributed by atoms with Gasteiger partial charge in [-0.3, -0.25) is 9.89 Å². The topological polar surface area (TPSA) is 84.8 Å². The number of nitrogens with zero attached hydrogens (tertiary/aromatic N) is 3. The molecule has 0 aliphatic rings. The Morgan fingerprint density at radius 2 is 2.04 bits per heavy atom. The van der Waals surface area contributed by atoms with E-state index >= 15 is 0 Å². The van der Waals surface area contributed by atoms with Crippen LogP contribution < -0.4 is 10.1 Å². The van der Waals surface area contributed by atoms with Crippen LogP contribution in [0.2, 0.25) is 5.02 Å². The second kappa shape index (κ2) is 7.58. The average Bonchev–Trinajstić information content (AvgIpc) is 3.38. The lowest BCUT2D eigenvalue weighted by molar-refractivity contribution is 0.102. The zero-order chi connectivity index (χ0) is 19.5. The number of aromatic amines is 1. The summed E-state index contributed by atoms with van der Waals surface area (Å²) in [6.07, 6.45) is 3.12. The summed E-state index contributed by atoms with van der Waals surface area (Å²) in [6, 6.07) is 16.5. The molecule has 1 amide bonds. The largest absolute Gasteiger partial charge is 0.496 e. The molecule has 0 unspecified atom stereocenters. The molecule has 2 aromatic heterocycles. The van der Waals surface area contributed by atoms with Crippen molar-refractivity contribution in [3.63, 3.8) is 0 Å². The van der Waals surface area contributed by atoms with Gasteiger partial charge >= 0.3 is 0 Å². The lowest BCUT2D eigenvalue weighted by Crippen LogP contribution is -2.11. The van der Waals surface area contributed by atoms with Gasteiger partial charge in [-0.1, -0.05) is 29.8 Å². The van der Waals surface area contributed by atoms with Crippen LogP contribution in [0.25, 0.3) is 16.9 Å². The number of ether oxygens (including phenoxy) is 1. The van der Waals surface area contributed by atoms with Gasteiger partial charge in [-0.2, -0.15) is 10.2 Å². The second-order valence-electron chi connectivity index (χ2n) is 5.97. The van der Waals surface area contributed by atoms with Crippen molar-refractivity contribution in [3.05, 3.63) is 77.6 Å². The molecule has 7 nitrogen and oxygen atoms in total. The first-order valence-electron chi connectivity index (χ1n) is 8.45. The highest BCUT2D eigenvalue weighted by Gasteiger charge is 2.13. The highest BCUT2D eigenvalue weighted by Crippen LogP contribution is 2.29. The molecule has 2 aromatic carbocycles. The van der Waals surface area contributed by atoms with Gasteiger partial charge in [0, 0.05) is 22.8 Å². The Morgan fingerprint density at radius 3 is 2.86 bits per heavy atom. The molecule has 140 valence electrons. The molecule has 0 spiro atoms. The number of aromatic nitrogens is 4. The molecule has 0 aliphatic heterocycles. The number of methoxy groups -OCH3 is 1. The summed E-state index contributed by atoms with van der Waals surface area (Å²) in [6.45, 7) is 0. The van der Waals surface area contributed by atoms with Gasteiger partial charge in [-0.05, 0) is 30.3 Å². The van der Waals surface area contributed by atoms with E-state index in [4.69, 9.17) is 16.3 Å². The number of H-pyrrole nitrogens is 1. The predicted molar refractivity (Wildman–Crippen MR) is 107 cm³/mol. The summed E-state index contributed by atoms with van der Waals surface area (Å²) in [5, 5.41) is 14.6. The maximum absolute atomic E-state index is 12.5. The highest BCUT2D eigenvalue weighted by molar-refractivity contribution is 6.30. The Labute approximate surface area is 165 Å². The zero-order valence-electron chi connectivity index (χ0n) is 14.9. The van der Waals surface area contributed by atoms with Crippen molar-refractivity contribution in [1.29, 1.82) is 0 Å². The Hall–Kier alpha value is -3.58. The number of nitrogens with one attached hydrogen (secondary N) is 2. The minimum absolute atomic E-state index is 0.314. The van der Waals surface area contributed by atoms with Crippen molar-refractivity contribution in [1.82, 2.24) is 20.0 Å². The van der Waals surface area contributed by atoms with Crippen LogP contribution in [0.4, 0.5) is 5.82 Å². The fourth-order valence-corrected chi connectivity index (χ4v) is 2.96. The molecule has 0 aliphatic carbocycles. The Bertz CT molecular complexity index is 1130. The molecule has 4 aromatic rings. The van der Waals surface area contributed by atoms with E-state index in [1.165, 1.54) is 6.20 Å². The summed E-state index contributed by atoms with van der Waals surface area (Å²) in [4.78, 5) is 12.5. The molecule has 8 heteroatoms. The minimum Gasteiger partial charge on any atom is -0.496 e. The van der Waals surface area contributed by atoms with Crippen LogP contribution in [-0.2, 0) is 0 Å². The summed E-state index contributed by atoms with van der Waals surface area (Å²) in [5.74, 6) is 0.805. The van der Waals surface area contributed by atoms with Gasteiger partial charge in [0.15, 0.2) is 5.82 Å². The molecule has 4 rings (SSSR count). The van der Waals surface area contributed by atoms with Crippen LogP contribution in [0.5, 0.6) is 5.75 Å². The van der Waals surface area contributed by atoms with E-state index in [1.54, 1.807) is 36.2 Å². The van der Waals surface area contributed by atoms with Crippen LogP contribution in [0.3, 0.4) is 0 Å². The summed E-state index contributed by atoms with van der Waals surface area (Å²) in [7, 11) is 1.61. The minimum atomic E-state index is -0.314. The SMILES string of the molecule is COc1ccccc1-c1cc(NC(=O)c2cnn(-c3cccc(Cl)c3)c2)n[nH]1. The number of amides is 1. The molecule has 0 bridgehead atoms. The lowest BCUT2D eigenvalue weighted by atomic mass is 10.1. The molecule has 0 saturated heterocycles. The fourth-order valence-electron chi connectivity index (χ4n) is 2.78. The van der Waals surface area contributed by atoms with Crippen LogP contribution in [0, 0.1) is 0 Å². The van der Waals surface area contributed by atoms with E-state index < -0.39 is 0 Å². The molecular weight excluding hydrogens is 378 g/mol. The van der Waals surface area contributed by atoms with E-state index in [-0.39, 0.29) is 5.91 Å². The van der Waals surface area contributed by atoms with E-state index in [2.05, 4.69) is 20.6 Å². The van der Waals surface area contributed by atoms with Gasteiger partial charge in [0.25, 0.3) is 5.91 Å². The Morgan fingerprint density at radius 1 is 1.18 bits per heavy atom. The van der Waals surface area contributed by atoms with Gasteiger partial charge in [0.2, 0.25) is 0 Å². The molecule has 28 heavy (non-hydrogen) atoms. The van der Waals surface area contributed by atoms with Gasteiger partial charge in [0.1, 0.15) is 5.75 Å². The maximum atomic E-state index is 12.5. The third-order valence-electron chi connectivity index (χ3n) is 4.13. The van der Waals surface area contributed by atoms with Crippen molar-refractivity contribution in [2.24, 2.45) is 0 Å². The first-order valence-corrected chi connectivity index (χ1v) is 8.82. The molecule has 0 saturated carbocycles. The van der Waals surface area contributed by atoms with E-state index in [9.17, 15) is 4.79 Å². The van der Waals surface area contributed by atoms with E-state index in [0.29, 0.717) is 22.2 Å². The zero-order valence-corrected chi connectivity index (χ0v) is 15.6. The number of hydrogen-bond donors (Lipinski definition) is 2. The third-order valence-corrected chi connectivity index (χ3v) is 4.37. The number of carbonyl (C=O) groups is 1. The van der Waals surface area contributed by atoms with Gasteiger partial charge in [0.05, 0.1) is 30.3 Å². The van der Waals surface area contributed by atoms with Crippen LogP contribution in [-0.4, -0.2) is 33.0 Å². The maximum Gasteiger partial charge on any atom is 0.260 e. The van der Waals surface area contributed by atoms with Crippen molar-refractivity contribution in [2.75, 3.05) is 12.4 Å². The number of benzene rings is 2. The first-order chi connectivity index (χ1) is 13.6. The van der Waals surface area contributed by atoms with E-state index in [0.717, 1.165) is 16.9 Å². The molecule has 2 N–H and O–H groups in total. The molecule has 0 fully saturated rings. The monoisotopic (exact) mass is 393 g/mol. The smallest absolute Gasteiger partial charge is 0.260 e. The predicted octanol–water partition coefficient (Wildman–Crippen LogP) is 4.18. The summed E-state index contributed by atoms with van der Waals surface area (Å²) < 4.78 is 6.95. The molecular formula is C20H16ClN5O2. The molecule has 0 atom stereocenters. The van der Waals surface area contributed by atoms with Gasteiger partial charge < -0.3 is 10.1 Å². The number of halogens is 1. The third kappa shape index (κ3) is 3.60. The van der Waals surface area contributed by atoms with Crippen molar-refractivity contribution >= 4 is 23.3 Å². The summed E-state index contributed by atoms with van der Waals surface area (Å²) >= 11 is 6.00. The van der Waals surface area contributed by atoms with Crippen molar-refractivity contribution in [2.45, 2.75) is 0 Å². The van der Waals surface area contributed by atoms with Gasteiger partial charge in [-0.15, -0.1) is 0 Å². The normalized spacial score (nSPS) is 10.6. The number of rotatable bonds is 5. The highest BCUT2D eigenvalue weighted by atomic mass is 35.5. The number of anilines is 1. The number of para-hydroxylation sites is 1. The summed E-state index contributed by atoms with van der Waals surface area (Å²) in [5.41, 5.74) is 2.76. The Balaban J connectivity index is 1.51. The number of hydrogen-bond acceptors (Lipinski definition) is 4. The molecule has 0 radical (unpaired) electrons. The molecule has 2 heterocycles. The van der Waals surface area contributed by atoms with Crippen molar-refractivity contribution < 1.29 is 9.53 Å². The Kier molecular flexibility index (Phi) is 4.82. The average molecular weight is 394 g/mol. The van der Waals surface area contributed by atoms with Crippen LogP contribution in [0.1, 0.15) is 10.4 Å². The lowest BCUT2D eigenvalue weighted by Gasteiger charge is -2.05.